The van der Waals surface area contributed by atoms with Crippen molar-refractivity contribution in [2.75, 3.05) is 0 Å². The first-order valence-corrected chi connectivity index (χ1v) is 13.4. The zero-order valence-corrected chi connectivity index (χ0v) is 25.4. The molecular formula is C33H3F15N6. The van der Waals surface area contributed by atoms with Gasteiger partial charge in [-0.25, -0.2) is 39.5 Å². The number of allylic oxidation sites excluding steroid dienone is 6. The molecule has 6 nitrogen and oxygen atoms in total. The van der Waals surface area contributed by atoms with Gasteiger partial charge in [0.1, 0.15) is 76.1 Å². The van der Waals surface area contributed by atoms with Gasteiger partial charge in [-0.2, -0.15) is 57.9 Å². The first-order chi connectivity index (χ1) is 25.0. The molecule has 0 spiro atoms. The van der Waals surface area contributed by atoms with E-state index in [9.17, 15) is 55.3 Å². The van der Waals surface area contributed by atoms with Crippen LogP contribution >= 0.6 is 0 Å². The molecule has 1 fully saturated rings. The van der Waals surface area contributed by atoms with Crippen LogP contribution in [0.5, 0.6) is 0 Å². The molecule has 0 amide bonds. The minimum Gasteiger partial charge on any atom is -0.206 e. The molecule has 0 aromatic heterocycles. The lowest BCUT2D eigenvalue weighted by Crippen LogP contribution is -2.17. The van der Waals surface area contributed by atoms with Gasteiger partial charge in [0.25, 0.3) is 0 Å². The lowest BCUT2D eigenvalue weighted by Gasteiger charge is -2.15. The monoisotopic (exact) mass is 768 g/mol. The molecule has 0 saturated heterocycles. The van der Waals surface area contributed by atoms with Gasteiger partial charge in [-0.15, -0.1) is 0 Å². The topological polar surface area (TPSA) is 143 Å². The second-order valence-electron chi connectivity index (χ2n) is 10.4. The van der Waals surface area contributed by atoms with Gasteiger partial charge in [0.2, 0.25) is 0 Å². The molecule has 0 unspecified atom stereocenters. The number of alkyl halides is 6. The molecule has 0 bridgehead atoms. The van der Waals surface area contributed by atoms with Gasteiger partial charge in [0.05, 0.1) is 39.0 Å². The van der Waals surface area contributed by atoms with Crippen LogP contribution in [0.25, 0.3) is 16.7 Å². The van der Waals surface area contributed by atoms with Crippen LogP contribution in [0.3, 0.4) is 0 Å². The van der Waals surface area contributed by atoms with Crippen molar-refractivity contribution in [1.29, 1.82) is 31.6 Å². The average Bonchev–Trinajstić information content (AvgIpc) is 3.81. The van der Waals surface area contributed by atoms with E-state index in [2.05, 4.69) is 0 Å². The second-order valence-corrected chi connectivity index (χ2v) is 10.4. The van der Waals surface area contributed by atoms with Crippen LogP contribution in [0.4, 0.5) is 65.9 Å². The van der Waals surface area contributed by atoms with E-state index in [4.69, 9.17) is 15.8 Å². The molecule has 0 heterocycles. The molecule has 21 heteroatoms. The van der Waals surface area contributed by atoms with E-state index < -0.39 is 148 Å². The Balaban J connectivity index is 2.45. The standard InChI is InChI=1S/C33H3F15N6/c1-8-9(2-49)24(35)29(40)18(23(8)34)10(3-50)15-16(11(4-51)19-27(38)21(32(43,44)45)13(6-53)25(36)30(19)41)17(15)12(5-52)20-28(39)22(33(46,47)48)14(7-54)26(37)31(20)42/h1H3. The maximum absolute atomic E-state index is 15.6. The second kappa shape index (κ2) is 13.4. The van der Waals surface area contributed by atoms with Gasteiger partial charge in [-0.3, -0.25) is 0 Å². The van der Waals surface area contributed by atoms with Crippen molar-refractivity contribution < 1.29 is 65.9 Å². The van der Waals surface area contributed by atoms with Crippen molar-refractivity contribution in [2.45, 2.75) is 19.3 Å². The fourth-order valence-corrected chi connectivity index (χ4v) is 5.28. The van der Waals surface area contributed by atoms with E-state index >= 15 is 26.3 Å². The summed E-state index contributed by atoms with van der Waals surface area (Å²) in [5, 5.41) is 56.8. The summed E-state index contributed by atoms with van der Waals surface area (Å²) in [5.74, 6) is -24.0. The highest BCUT2D eigenvalue weighted by Gasteiger charge is 2.49. The van der Waals surface area contributed by atoms with E-state index in [1.807, 2.05) is 0 Å². The maximum atomic E-state index is 15.6. The zero-order chi connectivity index (χ0) is 41.1. The van der Waals surface area contributed by atoms with Crippen molar-refractivity contribution in [2.24, 2.45) is 0 Å². The van der Waals surface area contributed by atoms with Gasteiger partial charge < -0.3 is 0 Å². The van der Waals surface area contributed by atoms with E-state index in [0.717, 1.165) is 24.3 Å². The summed E-state index contributed by atoms with van der Waals surface area (Å²) in [5.41, 5.74) is -30.6. The zero-order valence-electron chi connectivity index (χ0n) is 25.4. The third-order valence-corrected chi connectivity index (χ3v) is 7.62. The van der Waals surface area contributed by atoms with Gasteiger partial charge in [0, 0.05) is 22.3 Å². The highest BCUT2D eigenvalue weighted by atomic mass is 19.4. The SMILES string of the molecule is Cc1c(F)c(C(C#N)=C2C(=C(C#N)c3c(F)c(F)c(C#N)c(C(F)(F)F)c3F)C2=C(C#N)c2c(F)c(F)c(C#N)c(C(F)(F)F)c2F)c(F)c(F)c1C#N. The normalized spacial score (nSPS) is 14.2. The summed E-state index contributed by atoms with van der Waals surface area (Å²) in [7, 11) is 0. The minimum atomic E-state index is -6.09. The summed E-state index contributed by atoms with van der Waals surface area (Å²) in [6.45, 7) is 0.604. The largest absolute Gasteiger partial charge is 0.420 e. The summed E-state index contributed by atoms with van der Waals surface area (Å²) in [6, 6.07) is 4.64. The van der Waals surface area contributed by atoms with Crippen LogP contribution in [-0.4, -0.2) is 0 Å². The Morgan fingerprint density at radius 3 is 0.889 bits per heavy atom. The third kappa shape index (κ3) is 5.69. The molecule has 0 aliphatic heterocycles. The molecule has 0 N–H and O–H groups in total. The van der Waals surface area contributed by atoms with Crippen molar-refractivity contribution in [3.63, 3.8) is 0 Å². The molecule has 3 aromatic carbocycles. The molecule has 270 valence electrons. The summed E-state index contributed by atoms with van der Waals surface area (Å²) in [4.78, 5) is 0. The Kier molecular flexibility index (Phi) is 9.81. The lowest BCUT2D eigenvalue weighted by atomic mass is 9.95. The van der Waals surface area contributed by atoms with Gasteiger partial charge in [-0.1, -0.05) is 0 Å². The summed E-state index contributed by atoms with van der Waals surface area (Å²) in [6.07, 6.45) is -12.2. The van der Waals surface area contributed by atoms with Crippen LogP contribution < -0.4 is 0 Å². The van der Waals surface area contributed by atoms with Crippen LogP contribution in [0.2, 0.25) is 0 Å². The maximum Gasteiger partial charge on any atom is 0.420 e. The Morgan fingerprint density at radius 2 is 0.648 bits per heavy atom. The Labute approximate surface area is 289 Å². The fraction of sp³-hybridized carbons (Fsp3) is 0.0909. The molecule has 4 rings (SSSR count). The van der Waals surface area contributed by atoms with Crippen molar-refractivity contribution >= 4 is 16.7 Å². The lowest BCUT2D eigenvalue weighted by molar-refractivity contribution is -0.141. The van der Waals surface area contributed by atoms with Crippen LogP contribution in [0.15, 0.2) is 16.7 Å². The molecule has 1 saturated carbocycles. The Morgan fingerprint density at radius 1 is 0.389 bits per heavy atom. The van der Waals surface area contributed by atoms with E-state index in [1.54, 1.807) is 0 Å². The molecule has 0 radical (unpaired) electrons. The number of hydrogen-bond donors (Lipinski definition) is 0. The van der Waals surface area contributed by atoms with Gasteiger partial charge >= 0.3 is 12.4 Å². The number of halogens is 15. The average molecular weight is 768 g/mol. The number of benzene rings is 3. The first-order valence-electron chi connectivity index (χ1n) is 13.4. The van der Waals surface area contributed by atoms with E-state index in [0.29, 0.717) is 19.1 Å². The number of hydrogen-bond acceptors (Lipinski definition) is 6. The molecule has 0 atom stereocenters. The van der Waals surface area contributed by atoms with E-state index in [-0.39, 0.29) is 0 Å². The molecule has 1 aliphatic rings. The van der Waals surface area contributed by atoms with Crippen molar-refractivity contribution in [3.8, 4) is 36.4 Å². The predicted molar refractivity (Wildman–Crippen MR) is 145 cm³/mol. The number of nitrogens with zero attached hydrogens (tertiary/aromatic N) is 6. The number of nitriles is 6. The van der Waals surface area contributed by atoms with Gasteiger partial charge in [-0.05, 0) is 6.92 Å². The van der Waals surface area contributed by atoms with Crippen LogP contribution in [0, 0.1) is 127 Å². The highest BCUT2D eigenvalue weighted by molar-refractivity contribution is 6.12. The molecule has 3 aromatic rings. The van der Waals surface area contributed by atoms with Crippen LogP contribution in [-0.2, 0) is 12.4 Å². The Hall–Kier alpha value is -7.23. The Bertz CT molecular complexity index is 2480. The molecule has 1 aliphatic carbocycles. The highest BCUT2D eigenvalue weighted by Crippen LogP contribution is 2.58. The first kappa shape index (κ1) is 39.6. The van der Waals surface area contributed by atoms with Crippen molar-refractivity contribution in [1.82, 2.24) is 0 Å². The van der Waals surface area contributed by atoms with Gasteiger partial charge in [0.15, 0.2) is 34.9 Å². The molecular weight excluding hydrogens is 765 g/mol. The van der Waals surface area contributed by atoms with Crippen LogP contribution in [0.1, 0.15) is 50.1 Å². The fourth-order valence-electron chi connectivity index (χ4n) is 5.28. The van der Waals surface area contributed by atoms with E-state index in [1.165, 1.54) is 0 Å². The predicted octanol–water partition coefficient (Wildman–Crippen LogP) is 9.15. The number of rotatable bonds is 3. The summed E-state index contributed by atoms with van der Waals surface area (Å²) < 4.78 is 220. The third-order valence-electron chi connectivity index (χ3n) is 7.62. The minimum absolute atomic E-state index is 0.519. The summed E-state index contributed by atoms with van der Waals surface area (Å²) >= 11 is 0. The molecule has 54 heavy (non-hydrogen) atoms. The smallest absolute Gasteiger partial charge is 0.206 e. The van der Waals surface area contributed by atoms with Crippen molar-refractivity contribution in [3.05, 3.63) is 119 Å². The quantitative estimate of drug-likeness (QED) is 0.148.